The molecule has 0 aliphatic heterocycles. The fourth-order valence-electron chi connectivity index (χ4n) is 1.82. The van der Waals surface area contributed by atoms with Gasteiger partial charge in [0.25, 0.3) is 0 Å². The number of aliphatic hydroxyl groups is 1. The van der Waals surface area contributed by atoms with Gasteiger partial charge in [0, 0.05) is 5.56 Å². The number of benzene rings is 1. The van der Waals surface area contributed by atoms with Gasteiger partial charge in [-0.15, -0.1) is 0 Å². The van der Waals surface area contributed by atoms with Crippen molar-refractivity contribution in [3.63, 3.8) is 0 Å². The molecule has 0 heterocycles. The summed E-state index contributed by atoms with van der Waals surface area (Å²) >= 11 is 0. The molecule has 0 aromatic heterocycles. The third-order valence-corrected chi connectivity index (χ3v) is 2.87. The smallest absolute Gasteiger partial charge is 0.194 e. The van der Waals surface area contributed by atoms with Crippen LogP contribution >= 0.6 is 0 Å². The molecule has 0 fully saturated rings. The molecule has 92 valence electrons. The van der Waals surface area contributed by atoms with Crippen molar-refractivity contribution in [2.45, 2.75) is 39.2 Å². The van der Waals surface area contributed by atoms with Gasteiger partial charge < -0.3 is 5.11 Å². The van der Waals surface area contributed by atoms with Crippen LogP contribution in [0.2, 0.25) is 0 Å². The van der Waals surface area contributed by atoms with Crippen LogP contribution < -0.4 is 0 Å². The van der Waals surface area contributed by atoms with E-state index in [4.69, 9.17) is 0 Å². The third-order valence-electron chi connectivity index (χ3n) is 2.87. The molecule has 0 spiro atoms. The van der Waals surface area contributed by atoms with Gasteiger partial charge >= 0.3 is 0 Å². The Bertz CT molecular complexity index is 413. The second-order valence-electron chi connectivity index (χ2n) is 4.71. The molecule has 1 atom stereocenters. The molecule has 0 amide bonds. The summed E-state index contributed by atoms with van der Waals surface area (Å²) in [6, 6.07) is 7.21. The van der Waals surface area contributed by atoms with E-state index in [-0.39, 0.29) is 5.78 Å². The minimum absolute atomic E-state index is 0.215. The zero-order chi connectivity index (χ0) is 13.1. The molecule has 0 aliphatic rings. The average molecular weight is 232 g/mol. The van der Waals surface area contributed by atoms with E-state index < -0.39 is 5.60 Å². The highest BCUT2D eigenvalue weighted by Gasteiger charge is 2.29. The van der Waals surface area contributed by atoms with Crippen molar-refractivity contribution in [1.82, 2.24) is 0 Å². The number of hydrogen-bond acceptors (Lipinski definition) is 2. The SMILES string of the molecule is C=C(C)c1ccc(C(=O)C(C)(O)CCC)cc1. The van der Waals surface area contributed by atoms with E-state index in [9.17, 15) is 9.90 Å². The third kappa shape index (κ3) is 3.27. The van der Waals surface area contributed by atoms with Gasteiger partial charge in [-0.05, 0) is 25.8 Å². The summed E-state index contributed by atoms with van der Waals surface area (Å²) < 4.78 is 0. The predicted octanol–water partition coefficient (Wildman–Crippen LogP) is 3.45. The molecule has 1 rings (SSSR count). The van der Waals surface area contributed by atoms with E-state index in [1.165, 1.54) is 0 Å². The molecule has 17 heavy (non-hydrogen) atoms. The van der Waals surface area contributed by atoms with Gasteiger partial charge in [-0.3, -0.25) is 4.79 Å². The van der Waals surface area contributed by atoms with Crippen LogP contribution in [0.1, 0.15) is 49.5 Å². The summed E-state index contributed by atoms with van der Waals surface area (Å²) in [6.07, 6.45) is 1.26. The molecule has 0 saturated carbocycles. The molecule has 0 aliphatic carbocycles. The Balaban J connectivity index is 2.94. The van der Waals surface area contributed by atoms with Crippen molar-refractivity contribution < 1.29 is 9.90 Å². The lowest BCUT2D eigenvalue weighted by Gasteiger charge is -2.21. The van der Waals surface area contributed by atoms with E-state index in [0.29, 0.717) is 12.0 Å². The van der Waals surface area contributed by atoms with Gasteiger partial charge in [-0.2, -0.15) is 0 Å². The van der Waals surface area contributed by atoms with Crippen LogP contribution in [0.25, 0.3) is 5.57 Å². The first-order valence-corrected chi connectivity index (χ1v) is 5.91. The molecule has 1 aromatic carbocycles. The summed E-state index contributed by atoms with van der Waals surface area (Å²) in [5.41, 5.74) is 1.26. The number of Topliss-reactive ketones (excluding diaryl/α,β-unsaturated/α-hetero) is 1. The summed E-state index contributed by atoms with van der Waals surface area (Å²) in [7, 11) is 0. The van der Waals surface area contributed by atoms with Gasteiger partial charge in [-0.1, -0.05) is 49.8 Å². The van der Waals surface area contributed by atoms with E-state index in [2.05, 4.69) is 6.58 Å². The van der Waals surface area contributed by atoms with Crippen LogP contribution in [0.5, 0.6) is 0 Å². The lowest BCUT2D eigenvalue weighted by Crippen LogP contribution is -2.34. The van der Waals surface area contributed by atoms with Crippen molar-refractivity contribution in [3.05, 3.63) is 42.0 Å². The van der Waals surface area contributed by atoms with Crippen molar-refractivity contribution in [2.24, 2.45) is 0 Å². The minimum Gasteiger partial charge on any atom is -0.382 e. The number of ketones is 1. The quantitative estimate of drug-likeness (QED) is 0.789. The molecule has 1 aromatic rings. The van der Waals surface area contributed by atoms with E-state index in [1.807, 2.05) is 26.0 Å². The topological polar surface area (TPSA) is 37.3 Å². The Morgan fingerprint density at radius 3 is 2.18 bits per heavy atom. The molecular weight excluding hydrogens is 212 g/mol. The Morgan fingerprint density at radius 2 is 1.76 bits per heavy atom. The van der Waals surface area contributed by atoms with Crippen LogP contribution in [0, 0.1) is 0 Å². The summed E-state index contributed by atoms with van der Waals surface area (Å²) in [5, 5.41) is 10.0. The fraction of sp³-hybridized carbons (Fsp3) is 0.400. The monoisotopic (exact) mass is 232 g/mol. The second kappa shape index (κ2) is 5.28. The van der Waals surface area contributed by atoms with E-state index in [0.717, 1.165) is 17.6 Å². The predicted molar refractivity (Wildman–Crippen MR) is 71.0 cm³/mol. The molecule has 0 saturated heterocycles. The molecule has 2 nitrogen and oxygen atoms in total. The maximum absolute atomic E-state index is 12.1. The van der Waals surface area contributed by atoms with Crippen LogP contribution in [-0.4, -0.2) is 16.5 Å². The van der Waals surface area contributed by atoms with Crippen molar-refractivity contribution in [1.29, 1.82) is 0 Å². The fourth-order valence-corrected chi connectivity index (χ4v) is 1.82. The van der Waals surface area contributed by atoms with Gasteiger partial charge in [0.1, 0.15) is 5.60 Å². The minimum atomic E-state index is -1.26. The lowest BCUT2D eigenvalue weighted by atomic mass is 9.90. The molecule has 0 bridgehead atoms. The van der Waals surface area contributed by atoms with E-state index >= 15 is 0 Å². The standard InChI is InChI=1S/C15H20O2/c1-5-10-15(4,17)14(16)13-8-6-12(7-9-13)11(2)3/h6-9,17H,2,5,10H2,1,3-4H3. The van der Waals surface area contributed by atoms with Crippen LogP contribution in [0.15, 0.2) is 30.8 Å². The highest BCUT2D eigenvalue weighted by molar-refractivity contribution is 6.02. The molecule has 0 radical (unpaired) electrons. The zero-order valence-electron chi connectivity index (χ0n) is 10.8. The number of carbonyl (C=O) groups excluding carboxylic acids is 1. The van der Waals surface area contributed by atoms with Crippen molar-refractivity contribution >= 4 is 11.4 Å². The lowest BCUT2D eigenvalue weighted by molar-refractivity contribution is 0.0364. The Labute approximate surface area is 103 Å². The van der Waals surface area contributed by atoms with Crippen LogP contribution in [-0.2, 0) is 0 Å². The van der Waals surface area contributed by atoms with E-state index in [1.54, 1.807) is 19.1 Å². The second-order valence-corrected chi connectivity index (χ2v) is 4.71. The maximum atomic E-state index is 12.1. The summed E-state index contributed by atoms with van der Waals surface area (Å²) in [4.78, 5) is 12.1. The first kappa shape index (κ1) is 13.7. The Morgan fingerprint density at radius 1 is 1.29 bits per heavy atom. The highest BCUT2D eigenvalue weighted by atomic mass is 16.3. The number of carbonyl (C=O) groups is 1. The molecule has 2 heteroatoms. The van der Waals surface area contributed by atoms with Crippen LogP contribution in [0.4, 0.5) is 0 Å². The van der Waals surface area contributed by atoms with Crippen molar-refractivity contribution in [2.75, 3.05) is 0 Å². The number of allylic oxidation sites excluding steroid dienone is 1. The average Bonchev–Trinajstić information content (AvgIpc) is 2.28. The summed E-state index contributed by atoms with van der Waals surface area (Å²) in [5.74, 6) is -0.215. The molecule has 1 N–H and O–H groups in total. The van der Waals surface area contributed by atoms with Gasteiger partial charge in [0.05, 0.1) is 0 Å². The Hall–Kier alpha value is -1.41. The zero-order valence-corrected chi connectivity index (χ0v) is 10.8. The molecular formula is C15H20O2. The van der Waals surface area contributed by atoms with Gasteiger partial charge in [0.15, 0.2) is 5.78 Å². The molecule has 1 unspecified atom stereocenters. The largest absolute Gasteiger partial charge is 0.382 e. The first-order valence-electron chi connectivity index (χ1n) is 5.91. The normalized spacial score (nSPS) is 14.1. The maximum Gasteiger partial charge on any atom is 0.194 e. The van der Waals surface area contributed by atoms with Crippen LogP contribution in [0.3, 0.4) is 0 Å². The van der Waals surface area contributed by atoms with Crippen molar-refractivity contribution in [3.8, 4) is 0 Å². The highest BCUT2D eigenvalue weighted by Crippen LogP contribution is 2.20. The number of rotatable bonds is 5. The summed E-state index contributed by atoms with van der Waals surface area (Å²) in [6.45, 7) is 9.29. The Kier molecular flexibility index (Phi) is 4.24. The number of hydrogen-bond donors (Lipinski definition) is 1. The van der Waals surface area contributed by atoms with Gasteiger partial charge in [-0.25, -0.2) is 0 Å². The van der Waals surface area contributed by atoms with Gasteiger partial charge in [0.2, 0.25) is 0 Å². The first-order chi connectivity index (χ1) is 7.88.